The first-order valence-electron chi connectivity index (χ1n) is 6.43. The van der Waals surface area contributed by atoms with Crippen molar-refractivity contribution in [3.63, 3.8) is 0 Å². The Morgan fingerprint density at radius 1 is 1.19 bits per heavy atom. The maximum atomic E-state index is 10.2. The van der Waals surface area contributed by atoms with E-state index in [-0.39, 0.29) is 11.9 Å². The Bertz CT molecular complexity index is 435. The van der Waals surface area contributed by atoms with Crippen molar-refractivity contribution in [3.8, 4) is 0 Å². The second-order valence-electron chi connectivity index (χ2n) is 3.81. The van der Waals surface area contributed by atoms with Gasteiger partial charge in [-0.15, -0.1) is 0 Å². The topological polar surface area (TPSA) is 52.6 Å². The molecule has 1 aromatic carbocycles. The van der Waals surface area contributed by atoms with Crippen LogP contribution in [0.4, 0.5) is 0 Å². The van der Waals surface area contributed by atoms with E-state index >= 15 is 0 Å². The summed E-state index contributed by atoms with van der Waals surface area (Å²) in [6.07, 6.45) is 1.83. The van der Waals surface area contributed by atoms with Gasteiger partial charge in [0, 0.05) is 12.5 Å². The van der Waals surface area contributed by atoms with Gasteiger partial charge in [-0.3, -0.25) is 4.79 Å². The molecule has 0 N–H and O–H groups in total. The Labute approximate surface area is 127 Å². The molecule has 0 aromatic heterocycles. The van der Waals surface area contributed by atoms with E-state index in [0.717, 1.165) is 0 Å². The summed E-state index contributed by atoms with van der Waals surface area (Å²) in [5.41, 5.74) is 1.61. The first kappa shape index (κ1) is 20.9. The summed E-state index contributed by atoms with van der Waals surface area (Å²) in [4.78, 5) is 20.0. The standard InChI is InChI=1S/C8H8.C5H8O2.C4H8O2/c1-2-8-6-4-3-5-7-8;1-4(2)5(6)7-3;1-3-6-4(2)5/h2-7H,1H2;1H2,2-3H3;3H2,1-2H3. The van der Waals surface area contributed by atoms with E-state index in [1.54, 1.807) is 13.8 Å². The molecule has 4 heteroatoms. The minimum absolute atomic E-state index is 0.211. The third kappa shape index (κ3) is 15.6. The molecule has 4 nitrogen and oxygen atoms in total. The number of carbonyl (C=O) groups is 2. The molecule has 0 heterocycles. The van der Waals surface area contributed by atoms with Gasteiger partial charge in [-0.1, -0.05) is 49.6 Å². The molecule has 0 unspecified atom stereocenters. The minimum atomic E-state index is -0.347. The molecular formula is C17H24O4. The molecule has 0 aliphatic carbocycles. The highest BCUT2D eigenvalue weighted by Gasteiger charge is 1.95. The SMILES string of the molecule is C=C(C)C(=O)OC.C=Cc1ccccc1.CCOC(C)=O. The minimum Gasteiger partial charge on any atom is -0.466 e. The van der Waals surface area contributed by atoms with Crippen LogP contribution in [-0.4, -0.2) is 25.7 Å². The molecule has 0 fully saturated rings. The van der Waals surface area contributed by atoms with Crippen LogP contribution in [0.5, 0.6) is 0 Å². The van der Waals surface area contributed by atoms with Crippen LogP contribution in [0, 0.1) is 0 Å². The van der Waals surface area contributed by atoms with Gasteiger partial charge in [0.1, 0.15) is 0 Å². The number of ether oxygens (including phenoxy) is 2. The van der Waals surface area contributed by atoms with Gasteiger partial charge in [-0.25, -0.2) is 4.79 Å². The zero-order valence-corrected chi connectivity index (χ0v) is 13.2. The molecule has 0 aliphatic rings. The third-order valence-electron chi connectivity index (χ3n) is 1.92. The van der Waals surface area contributed by atoms with Crippen LogP contribution in [0.15, 0.2) is 49.1 Å². The highest BCUT2D eigenvalue weighted by Crippen LogP contribution is 1.97. The van der Waals surface area contributed by atoms with Gasteiger partial charge >= 0.3 is 11.9 Å². The lowest BCUT2D eigenvalue weighted by Crippen LogP contribution is -1.98. The van der Waals surface area contributed by atoms with Crippen LogP contribution in [-0.2, 0) is 19.1 Å². The van der Waals surface area contributed by atoms with Gasteiger partial charge < -0.3 is 9.47 Å². The van der Waals surface area contributed by atoms with Gasteiger partial charge in [0.15, 0.2) is 0 Å². The molecule has 0 bridgehead atoms. The fourth-order valence-corrected chi connectivity index (χ4v) is 0.967. The number of rotatable bonds is 3. The molecule has 0 radical (unpaired) electrons. The van der Waals surface area contributed by atoms with Gasteiger partial charge in [-0.05, 0) is 19.4 Å². The second kappa shape index (κ2) is 14.1. The van der Waals surface area contributed by atoms with Crippen LogP contribution < -0.4 is 0 Å². The van der Waals surface area contributed by atoms with E-state index in [4.69, 9.17) is 0 Å². The molecule has 0 spiro atoms. The number of hydrogen-bond acceptors (Lipinski definition) is 4. The lowest BCUT2D eigenvalue weighted by molar-refractivity contribution is -0.140. The van der Waals surface area contributed by atoms with E-state index in [2.05, 4.69) is 22.6 Å². The summed E-state index contributed by atoms with van der Waals surface area (Å²) < 4.78 is 8.68. The van der Waals surface area contributed by atoms with E-state index in [1.807, 2.05) is 36.4 Å². The van der Waals surface area contributed by atoms with Crippen molar-refractivity contribution in [2.45, 2.75) is 20.8 Å². The lowest BCUT2D eigenvalue weighted by Gasteiger charge is -1.91. The second-order valence-corrected chi connectivity index (χ2v) is 3.81. The Balaban J connectivity index is 0. The Hall–Kier alpha value is -2.36. The van der Waals surface area contributed by atoms with Crippen molar-refractivity contribution in [3.05, 3.63) is 54.6 Å². The lowest BCUT2D eigenvalue weighted by atomic mass is 10.2. The Kier molecular flexibility index (Phi) is 14.0. The molecule has 0 amide bonds. The maximum Gasteiger partial charge on any atom is 0.332 e. The van der Waals surface area contributed by atoms with Gasteiger partial charge in [0.25, 0.3) is 0 Å². The van der Waals surface area contributed by atoms with Crippen LogP contribution in [0.2, 0.25) is 0 Å². The molecule has 116 valence electrons. The summed E-state index contributed by atoms with van der Waals surface area (Å²) in [7, 11) is 1.33. The Morgan fingerprint density at radius 2 is 1.71 bits per heavy atom. The highest BCUT2D eigenvalue weighted by molar-refractivity contribution is 5.86. The van der Waals surface area contributed by atoms with Gasteiger partial charge in [0.05, 0.1) is 13.7 Å². The fraction of sp³-hybridized carbons (Fsp3) is 0.294. The predicted octanol–water partition coefficient (Wildman–Crippen LogP) is 3.63. The molecule has 21 heavy (non-hydrogen) atoms. The summed E-state index contributed by atoms with van der Waals surface area (Å²) in [6.45, 7) is 12.2. The van der Waals surface area contributed by atoms with Crippen molar-refractivity contribution in [1.29, 1.82) is 0 Å². The van der Waals surface area contributed by atoms with E-state index in [1.165, 1.54) is 19.6 Å². The average molecular weight is 292 g/mol. The molecule has 1 aromatic rings. The molecule has 1 rings (SSSR count). The van der Waals surface area contributed by atoms with Crippen LogP contribution >= 0.6 is 0 Å². The summed E-state index contributed by atoms with van der Waals surface area (Å²) in [5.74, 6) is -0.558. The first-order valence-corrected chi connectivity index (χ1v) is 6.43. The largest absolute Gasteiger partial charge is 0.466 e. The van der Waals surface area contributed by atoms with E-state index < -0.39 is 0 Å². The molecule has 0 saturated carbocycles. The van der Waals surface area contributed by atoms with Crippen molar-refractivity contribution in [2.75, 3.05) is 13.7 Å². The van der Waals surface area contributed by atoms with E-state index in [0.29, 0.717) is 12.2 Å². The van der Waals surface area contributed by atoms with Gasteiger partial charge in [-0.2, -0.15) is 0 Å². The normalized spacial score (nSPS) is 8.00. The number of carbonyl (C=O) groups excluding carboxylic acids is 2. The summed E-state index contributed by atoms with van der Waals surface area (Å²) in [5, 5.41) is 0. The zero-order chi connectivity index (χ0) is 16.7. The zero-order valence-electron chi connectivity index (χ0n) is 13.2. The smallest absolute Gasteiger partial charge is 0.332 e. The summed E-state index contributed by atoms with van der Waals surface area (Å²) >= 11 is 0. The Morgan fingerprint density at radius 3 is 1.86 bits per heavy atom. The molecule has 0 atom stereocenters. The van der Waals surface area contributed by atoms with E-state index in [9.17, 15) is 9.59 Å². The number of hydrogen-bond donors (Lipinski definition) is 0. The van der Waals surface area contributed by atoms with Crippen molar-refractivity contribution >= 4 is 18.0 Å². The molecule has 0 aliphatic heterocycles. The fourth-order valence-electron chi connectivity index (χ4n) is 0.967. The molecule has 0 saturated heterocycles. The summed E-state index contributed by atoms with van der Waals surface area (Å²) in [6, 6.07) is 10.0. The number of esters is 2. The van der Waals surface area contributed by atoms with Crippen LogP contribution in [0.1, 0.15) is 26.3 Å². The van der Waals surface area contributed by atoms with Crippen molar-refractivity contribution in [1.82, 2.24) is 0 Å². The van der Waals surface area contributed by atoms with Crippen LogP contribution in [0.25, 0.3) is 6.08 Å². The monoisotopic (exact) mass is 292 g/mol. The number of benzene rings is 1. The quantitative estimate of drug-likeness (QED) is 0.630. The van der Waals surface area contributed by atoms with Crippen molar-refractivity contribution < 1.29 is 19.1 Å². The van der Waals surface area contributed by atoms with Crippen molar-refractivity contribution in [2.24, 2.45) is 0 Å². The number of methoxy groups -OCH3 is 1. The average Bonchev–Trinajstić information content (AvgIpc) is 2.48. The third-order valence-corrected chi connectivity index (χ3v) is 1.92. The maximum absolute atomic E-state index is 10.2. The predicted molar refractivity (Wildman–Crippen MR) is 85.7 cm³/mol. The highest BCUT2D eigenvalue weighted by atomic mass is 16.5. The van der Waals surface area contributed by atoms with Gasteiger partial charge in [0.2, 0.25) is 0 Å². The first-order chi connectivity index (χ1) is 9.88. The molecular weight excluding hydrogens is 268 g/mol. The van der Waals surface area contributed by atoms with Crippen LogP contribution in [0.3, 0.4) is 0 Å².